The van der Waals surface area contributed by atoms with Crippen LogP contribution in [0.2, 0.25) is 0 Å². The molecular weight excluding hydrogens is 302 g/mol. The van der Waals surface area contributed by atoms with Crippen molar-refractivity contribution in [3.05, 3.63) is 41.5 Å². The number of hydrogen-bond acceptors (Lipinski definition) is 2. The Balaban J connectivity index is 1.75. The first-order valence-corrected chi connectivity index (χ1v) is 8.68. The molecule has 0 spiro atoms. The van der Waals surface area contributed by atoms with Gasteiger partial charge in [-0.2, -0.15) is 0 Å². The topological polar surface area (TPSA) is 70.2 Å². The molecule has 1 aromatic rings. The molecule has 24 heavy (non-hydrogen) atoms. The summed E-state index contributed by atoms with van der Waals surface area (Å²) in [6.07, 6.45) is 8.07. The fourth-order valence-electron chi connectivity index (χ4n) is 2.69. The third-order valence-electron chi connectivity index (χ3n) is 3.94. The summed E-state index contributed by atoms with van der Waals surface area (Å²) in [5.74, 6) is -0.109. The number of carbonyl (C=O) groups is 2. The molecule has 0 saturated heterocycles. The van der Waals surface area contributed by atoms with Crippen LogP contribution in [0.4, 0.5) is 10.5 Å². The van der Waals surface area contributed by atoms with Crippen molar-refractivity contribution in [2.75, 3.05) is 11.9 Å². The molecule has 1 aliphatic carbocycles. The molecular formula is C19H27N3O2. The highest BCUT2D eigenvalue weighted by molar-refractivity contribution is 5.95. The van der Waals surface area contributed by atoms with Crippen LogP contribution in [0.25, 0.3) is 0 Å². The van der Waals surface area contributed by atoms with Crippen molar-refractivity contribution in [2.45, 2.75) is 52.0 Å². The summed E-state index contributed by atoms with van der Waals surface area (Å²) in [4.78, 5) is 23.8. The Morgan fingerprint density at radius 3 is 2.50 bits per heavy atom. The zero-order valence-electron chi connectivity index (χ0n) is 14.5. The molecule has 0 aliphatic heterocycles. The lowest BCUT2D eigenvalue weighted by Gasteiger charge is -2.13. The molecule has 0 atom stereocenters. The predicted molar refractivity (Wildman–Crippen MR) is 97.2 cm³/mol. The molecule has 5 heteroatoms. The highest BCUT2D eigenvalue weighted by Crippen LogP contribution is 2.19. The van der Waals surface area contributed by atoms with E-state index in [-0.39, 0.29) is 18.0 Å². The largest absolute Gasteiger partial charge is 0.350 e. The van der Waals surface area contributed by atoms with Gasteiger partial charge in [-0.15, -0.1) is 0 Å². The Morgan fingerprint density at radius 2 is 1.88 bits per heavy atom. The molecule has 0 fully saturated rings. The van der Waals surface area contributed by atoms with Crippen LogP contribution in [0.3, 0.4) is 0 Å². The summed E-state index contributed by atoms with van der Waals surface area (Å²) in [6.45, 7) is 4.48. The third-order valence-corrected chi connectivity index (χ3v) is 3.94. The maximum Gasteiger partial charge on any atom is 0.319 e. The summed E-state index contributed by atoms with van der Waals surface area (Å²) in [7, 11) is 0. The number of urea groups is 1. The van der Waals surface area contributed by atoms with Crippen LogP contribution in [0.5, 0.6) is 0 Å². The molecule has 0 aromatic heterocycles. The first kappa shape index (κ1) is 18.0. The predicted octanol–water partition coefficient (Wildman–Crippen LogP) is 3.84. The normalized spacial score (nSPS) is 14.0. The van der Waals surface area contributed by atoms with Crippen LogP contribution in [-0.2, 0) is 0 Å². The van der Waals surface area contributed by atoms with Crippen LogP contribution in [-0.4, -0.2) is 24.5 Å². The molecule has 1 aromatic carbocycles. The van der Waals surface area contributed by atoms with E-state index in [0.29, 0.717) is 17.8 Å². The van der Waals surface area contributed by atoms with Gasteiger partial charge in [0.1, 0.15) is 0 Å². The Hall–Kier alpha value is -2.30. The third kappa shape index (κ3) is 6.07. The summed E-state index contributed by atoms with van der Waals surface area (Å²) >= 11 is 0. The Bertz CT molecular complexity index is 591. The van der Waals surface area contributed by atoms with Gasteiger partial charge in [-0.1, -0.05) is 11.6 Å². The minimum absolute atomic E-state index is 0.0976. The Kier molecular flexibility index (Phi) is 6.85. The van der Waals surface area contributed by atoms with Crippen LogP contribution < -0.4 is 16.0 Å². The molecule has 0 bridgehead atoms. The molecule has 3 amide bonds. The van der Waals surface area contributed by atoms with Gasteiger partial charge in [0.2, 0.25) is 0 Å². The number of rotatable bonds is 6. The quantitative estimate of drug-likeness (QED) is 0.694. The van der Waals surface area contributed by atoms with Crippen LogP contribution >= 0.6 is 0 Å². The molecule has 0 saturated carbocycles. The zero-order valence-corrected chi connectivity index (χ0v) is 14.5. The van der Waals surface area contributed by atoms with Crippen LogP contribution in [0, 0.1) is 0 Å². The molecule has 0 radical (unpaired) electrons. The molecule has 2 rings (SSSR count). The molecule has 130 valence electrons. The standard InChI is InChI=1S/C19H27N3O2/c1-14(2)21-18(23)16-8-10-17(11-9-16)22-19(24)20-13-12-15-6-4-3-5-7-15/h6,8-11,14H,3-5,7,12-13H2,1-2H3,(H,21,23)(H2,20,22,24). The minimum atomic E-state index is -0.217. The highest BCUT2D eigenvalue weighted by atomic mass is 16.2. The molecule has 0 unspecified atom stereocenters. The molecule has 3 N–H and O–H groups in total. The number of hydrogen-bond donors (Lipinski definition) is 3. The van der Waals surface area contributed by atoms with Crippen molar-refractivity contribution in [1.82, 2.24) is 10.6 Å². The van der Waals surface area contributed by atoms with E-state index in [9.17, 15) is 9.59 Å². The van der Waals surface area contributed by atoms with Crippen molar-refractivity contribution in [1.29, 1.82) is 0 Å². The van der Waals surface area contributed by atoms with Gasteiger partial charge < -0.3 is 16.0 Å². The van der Waals surface area contributed by atoms with Crippen molar-refractivity contribution in [3.63, 3.8) is 0 Å². The average molecular weight is 329 g/mol. The van der Waals surface area contributed by atoms with Gasteiger partial charge in [-0.25, -0.2) is 4.79 Å². The summed E-state index contributed by atoms with van der Waals surface area (Å²) < 4.78 is 0. The zero-order chi connectivity index (χ0) is 17.4. The van der Waals surface area contributed by atoms with Crippen molar-refractivity contribution < 1.29 is 9.59 Å². The lowest BCUT2D eigenvalue weighted by molar-refractivity contribution is 0.0943. The van der Waals surface area contributed by atoms with Gasteiger partial charge in [0.15, 0.2) is 0 Å². The van der Waals surface area contributed by atoms with Gasteiger partial charge in [-0.3, -0.25) is 4.79 Å². The van der Waals surface area contributed by atoms with Gasteiger partial charge in [0, 0.05) is 23.8 Å². The molecule has 0 heterocycles. The lowest BCUT2D eigenvalue weighted by Crippen LogP contribution is -2.30. The van der Waals surface area contributed by atoms with E-state index in [4.69, 9.17) is 0 Å². The van der Waals surface area contributed by atoms with Gasteiger partial charge >= 0.3 is 6.03 Å². The van der Waals surface area contributed by atoms with Crippen molar-refractivity contribution in [3.8, 4) is 0 Å². The highest BCUT2D eigenvalue weighted by Gasteiger charge is 2.08. The monoisotopic (exact) mass is 329 g/mol. The maximum atomic E-state index is 11.9. The number of carbonyl (C=O) groups excluding carboxylic acids is 2. The Labute approximate surface area is 143 Å². The second kappa shape index (κ2) is 9.11. The van der Waals surface area contributed by atoms with E-state index in [1.165, 1.54) is 18.4 Å². The number of allylic oxidation sites excluding steroid dienone is 1. The summed E-state index contributed by atoms with van der Waals surface area (Å²) in [6, 6.07) is 6.77. The second-order valence-electron chi connectivity index (χ2n) is 6.44. The molecule has 1 aliphatic rings. The second-order valence-corrected chi connectivity index (χ2v) is 6.44. The SMILES string of the molecule is CC(C)NC(=O)c1ccc(NC(=O)NCCC2=CCCCC2)cc1. The number of anilines is 1. The number of nitrogens with one attached hydrogen (secondary N) is 3. The Morgan fingerprint density at radius 1 is 1.12 bits per heavy atom. The average Bonchev–Trinajstić information content (AvgIpc) is 2.56. The fraction of sp³-hybridized carbons (Fsp3) is 0.474. The summed E-state index contributed by atoms with van der Waals surface area (Å²) in [5, 5.41) is 8.49. The van der Waals surface area contributed by atoms with E-state index in [1.54, 1.807) is 24.3 Å². The van der Waals surface area contributed by atoms with Crippen molar-refractivity contribution in [2.24, 2.45) is 0 Å². The first-order chi connectivity index (χ1) is 11.5. The van der Waals surface area contributed by atoms with Crippen molar-refractivity contribution >= 4 is 17.6 Å². The lowest BCUT2D eigenvalue weighted by atomic mass is 9.97. The number of amides is 3. The molecule has 5 nitrogen and oxygen atoms in total. The maximum absolute atomic E-state index is 11.9. The minimum Gasteiger partial charge on any atom is -0.350 e. The van der Waals surface area contributed by atoms with E-state index in [0.717, 1.165) is 19.3 Å². The van der Waals surface area contributed by atoms with Gasteiger partial charge in [0.05, 0.1) is 0 Å². The van der Waals surface area contributed by atoms with Crippen LogP contribution in [0.15, 0.2) is 35.9 Å². The van der Waals surface area contributed by atoms with E-state index >= 15 is 0 Å². The van der Waals surface area contributed by atoms with E-state index in [1.807, 2.05) is 13.8 Å². The van der Waals surface area contributed by atoms with E-state index in [2.05, 4.69) is 22.0 Å². The van der Waals surface area contributed by atoms with E-state index < -0.39 is 0 Å². The fourth-order valence-corrected chi connectivity index (χ4v) is 2.69. The first-order valence-electron chi connectivity index (χ1n) is 8.68. The summed E-state index contributed by atoms with van der Waals surface area (Å²) in [5.41, 5.74) is 2.70. The number of benzene rings is 1. The van der Waals surface area contributed by atoms with Gasteiger partial charge in [-0.05, 0) is 70.2 Å². The smallest absolute Gasteiger partial charge is 0.319 e. The van der Waals surface area contributed by atoms with Crippen LogP contribution in [0.1, 0.15) is 56.3 Å². The van der Waals surface area contributed by atoms with Gasteiger partial charge in [0.25, 0.3) is 5.91 Å².